The molecule has 0 bridgehead atoms. The van der Waals surface area contributed by atoms with Gasteiger partial charge >= 0.3 is 18.0 Å². The van der Waals surface area contributed by atoms with Crippen LogP contribution in [0.3, 0.4) is 0 Å². The summed E-state index contributed by atoms with van der Waals surface area (Å²) in [6.07, 6.45) is 1.06. The highest BCUT2D eigenvalue weighted by Gasteiger charge is 2.46. The fraction of sp³-hybridized carbons (Fsp3) is 0.750. The summed E-state index contributed by atoms with van der Waals surface area (Å²) >= 11 is 0. The van der Waals surface area contributed by atoms with Gasteiger partial charge in [0.2, 0.25) is 0 Å². The number of carbonyl (C=O) groups is 3. The smallest absolute Gasteiger partial charge is 0.329 e. The Labute approximate surface area is 112 Å². The third-order valence-electron chi connectivity index (χ3n) is 3.33. The van der Waals surface area contributed by atoms with Gasteiger partial charge in [-0.2, -0.15) is 0 Å². The Morgan fingerprint density at radius 3 is 2.58 bits per heavy atom. The van der Waals surface area contributed by atoms with Crippen LogP contribution in [0.2, 0.25) is 0 Å². The van der Waals surface area contributed by atoms with E-state index in [0.29, 0.717) is 19.4 Å². The number of nitrogens with zero attached hydrogens (tertiary/aromatic N) is 2. The minimum Gasteiger partial charge on any atom is -0.480 e. The summed E-state index contributed by atoms with van der Waals surface area (Å²) in [7, 11) is 1.46. The van der Waals surface area contributed by atoms with Crippen molar-refractivity contribution in [2.45, 2.75) is 32.2 Å². The van der Waals surface area contributed by atoms with Crippen LogP contribution in [0.25, 0.3) is 0 Å². The summed E-state index contributed by atoms with van der Waals surface area (Å²) < 4.78 is 4.76. The fourth-order valence-electron chi connectivity index (χ4n) is 2.17. The largest absolute Gasteiger partial charge is 0.480 e. The molecule has 0 aliphatic carbocycles. The zero-order valence-electron chi connectivity index (χ0n) is 11.5. The lowest BCUT2D eigenvalue weighted by molar-refractivity contribution is -0.147. The summed E-state index contributed by atoms with van der Waals surface area (Å²) in [6, 6.07) is -0.463. The second-order valence-corrected chi connectivity index (χ2v) is 4.78. The second kappa shape index (κ2) is 5.90. The predicted octanol–water partition coefficient (Wildman–Crippen LogP) is 0.540. The molecule has 0 aromatic heterocycles. The maximum Gasteiger partial charge on any atom is 0.329 e. The number of amides is 2. The first kappa shape index (κ1) is 15.3. The van der Waals surface area contributed by atoms with E-state index in [-0.39, 0.29) is 13.2 Å². The number of ether oxygens (including phenoxy) is 1. The normalized spacial score (nSPS) is 22.2. The molecule has 7 nitrogen and oxygen atoms in total. The molecule has 1 saturated heterocycles. The summed E-state index contributed by atoms with van der Waals surface area (Å²) in [6.45, 7) is 3.66. The topological polar surface area (TPSA) is 87.2 Å². The summed E-state index contributed by atoms with van der Waals surface area (Å²) in [5.41, 5.74) is -1.19. The van der Waals surface area contributed by atoms with E-state index in [0.717, 1.165) is 0 Å². The molecule has 108 valence electrons. The number of carbonyl (C=O) groups excluding carboxylic acids is 2. The maximum atomic E-state index is 12.2. The van der Waals surface area contributed by atoms with Gasteiger partial charge in [0.15, 0.2) is 0 Å². The van der Waals surface area contributed by atoms with Crippen LogP contribution in [0, 0.1) is 0 Å². The fourth-order valence-corrected chi connectivity index (χ4v) is 2.17. The van der Waals surface area contributed by atoms with Crippen molar-refractivity contribution in [2.75, 3.05) is 26.7 Å². The molecule has 1 N–H and O–H groups in total. The molecular formula is C12H20N2O5. The van der Waals surface area contributed by atoms with E-state index in [1.807, 2.05) is 0 Å². The van der Waals surface area contributed by atoms with Gasteiger partial charge in [-0.1, -0.05) is 0 Å². The Hall–Kier alpha value is -1.79. The van der Waals surface area contributed by atoms with Gasteiger partial charge < -0.3 is 19.6 Å². The van der Waals surface area contributed by atoms with Crippen LogP contribution in [0.15, 0.2) is 0 Å². The average Bonchev–Trinajstić information content (AvgIpc) is 2.72. The second-order valence-electron chi connectivity index (χ2n) is 4.78. The Morgan fingerprint density at radius 2 is 2.05 bits per heavy atom. The number of urea groups is 1. The number of likely N-dealkylation sites (N-methyl/N-ethyl adjacent to an activating group) is 1. The average molecular weight is 272 g/mol. The van der Waals surface area contributed by atoms with Gasteiger partial charge in [0.1, 0.15) is 12.1 Å². The van der Waals surface area contributed by atoms with Gasteiger partial charge in [0.25, 0.3) is 0 Å². The zero-order chi connectivity index (χ0) is 14.6. The predicted molar refractivity (Wildman–Crippen MR) is 66.6 cm³/mol. The van der Waals surface area contributed by atoms with E-state index >= 15 is 0 Å². The molecule has 1 fully saturated rings. The van der Waals surface area contributed by atoms with Gasteiger partial charge in [-0.25, -0.2) is 9.59 Å². The quantitative estimate of drug-likeness (QED) is 0.755. The molecule has 19 heavy (non-hydrogen) atoms. The highest BCUT2D eigenvalue weighted by molar-refractivity contribution is 5.88. The molecule has 0 saturated carbocycles. The van der Waals surface area contributed by atoms with Gasteiger partial charge in [-0.3, -0.25) is 4.79 Å². The Balaban J connectivity index is 2.71. The number of likely N-dealkylation sites (tertiary alicyclic amines) is 1. The van der Waals surface area contributed by atoms with E-state index in [1.165, 1.54) is 23.8 Å². The molecule has 1 aliphatic heterocycles. The zero-order valence-corrected chi connectivity index (χ0v) is 11.5. The molecule has 1 unspecified atom stereocenters. The van der Waals surface area contributed by atoms with Crippen molar-refractivity contribution in [3.05, 3.63) is 0 Å². The van der Waals surface area contributed by atoms with Crippen molar-refractivity contribution in [1.82, 2.24) is 9.80 Å². The molecule has 2 amide bonds. The molecule has 1 atom stereocenters. The number of rotatable bonds is 4. The van der Waals surface area contributed by atoms with Crippen molar-refractivity contribution >= 4 is 18.0 Å². The first-order chi connectivity index (χ1) is 8.82. The molecule has 7 heteroatoms. The van der Waals surface area contributed by atoms with Crippen LogP contribution < -0.4 is 0 Å². The van der Waals surface area contributed by atoms with E-state index in [2.05, 4.69) is 0 Å². The molecule has 0 radical (unpaired) electrons. The van der Waals surface area contributed by atoms with Gasteiger partial charge in [0.05, 0.1) is 6.61 Å². The van der Waals surface area contributed by atoms with Crippen molar-refractivity contribution < 1.29 is 24.2 Å². The Morgan fingerprint density at radius 1 is 1.42 bits per heavy atom. The third kappa shape index (κ3) is 3.15. The molecule has 0 spiro atoms. The summed E-state index contributed by atoms with van der Waals surface area (Å²) in [5, 5.41) is 9.24. The minimum absolute atomic E-state index is 0.182. The van der Waals surface area contributed by atoms with Gasteiger partial charge in [0, 0.05) is 13.6 Å². The van der Waals surface area contributed by atoms with Crippen LogP contribution in [-0.2, 0) is 14.3 Å². The Bertz CT molecular complexity index is 384. The monoisotopic (exact) mass is 272 g/mol. The molecular weight excluding hydrogens is 252 g/mol. The van der Waals surface area contributed by atoms with E-state index in [4.69, 9.17) is 4.74 Å². The van der Waals surface area contributed by atoms with Crippen molar-refractivity contribution in [1.29, 1.82) is 0 Å². The number of carboxylic acids is 1. The van der Waals surface area contributed by atoms with E-state index in [1.54, 1.807) is 6.92 Å². The molecule has 0 aromatic rings. The summed E-state index contributed by atoms with van der Waals surface area (Å²) in [5.74, 6) is -1.53. The third-order valence-corrected chi connectivity index (χ3v) is 3.33. The highest BCUT2D eigenvalue weighted by atomic mass is 16.5. The first-order valence-electron chi connectivity index (χ1n) is 6.24. The van der Waals surface area contributed by atoms with Crippen LogP contribution in [0.1, 0.15) is 26.7 Å². The number of hydrogen-bond acceptors (Lipinski definition) is 4. The maximum absolute atomic E-state index is 12.2. The van der Waals surface area contributed by atoms with Crippen LogP contribution in [0.4, 0.5) is 4.79 Å². The molecule has 1 rings (SSSR count). The Kier molecular flexibility index (Phi) is 4.74. The molecule has 1 heterocycles. The number of aliphatic carboxylic acids is 1. The minimum atomic E-state index is -1.19. The SMILES string of the molecule is CCOC(=O)CN(C)C(=O)N1CCCC1(C)C(=O)O. The number of esters is 1. The van der Waals surface area contributed by atoms with Crippen LogP contribution in [0.5, 0.6) is 0 Å². The van der Waals surface area contributed by atoms with Crippen LogP contribution >= 0.6 is 0 Å². The van der Waals surface area contributed by atoms with Gasteiger partial charge in [-0.05, 0) is 26.7 Å². The number of carboxylic acid groups (broad SMARTS) is 1. The van der Waals surface area contributed by atoms with Crippen LogP contribution in [-0.4, -0.2) is 65.2 Å². The van der Waals surface area contributed by atoms with E-state index < -0.39 is 23.5 Å². The standard InChI is InChI=1S/C12H20N2O5/c1-4-19-9(15)8-13(3)11(18)14-7-5-6-12(14,2)10(16)17/h4-8H2,1-3H3,(H,16,17). The van der Waals surface area contributed by atoms with Crippen molar-refractivity contribution in [2.24, 2.45) is 0 Å². The lowest BCUT2D eigenvalue weighted by Crippen LogP contribution is -2.55. The first-order valence-corrected chi connectivity index (χ1v) is 6.24. The van der Waals surface area contributed by atoms with Crippen molar-refractivity contribution in [3.8, 4) is 0 Å². The van der Waals surface area contributed by atoms with Gasteiger partial charge in [-0.15, -0.1) is 0 Å². The molecule has 0 aromatic carbocycles. The molecule has 1 aliphatic rings. The van der Waals surface area contributed by atoms with Crippen molar-refractivity contribution in [3.63, 3.8) is 0 Å². The van der Waals surface area contributed by atoms with E-state index in [9.17, 15) is 19.5 Å². The number of hydrogen-bond donors (Lipinski definition) is 1. The summed E-state index contributed by atoms with van der Waals surface area (Å²) in [4.78, 5) is 37.3. The lowest BCUT2D eigenvalue weighted by atomic mass is 10.00. The lowest BCUT2D eigenvalue weighted by Gasteiger charge is -2.34. The highest BCUT2D eigenvalue weighted by Crippen LogP contribution is 2.30.